The quantitative estimate of drug-likeness (QED) is 0.145. The molecule has 0 atom stereocenters. The number of fused-ring (bicyclic) bond motifs is 7. The standard InChI is InChI=1S/C64H42N2/c1-3-19-45(20-4-1)63-55-26-9-11-28-57(55)64(58-29-12-10-27-56(58)63)54-33-16-32-52-51(54)31-17-35-60(52)65(47-38-36-44(37-39-47)50-30-15-21-43-18-7-8-24-49(43)50)48-40-41-62-59(42-48)53-25-13-14-34-61(53)66(62)46-22-5-2-6-23-46/h1-42H. The van der Waals surface area contributed by atoms with Gasteiger partial charge in [-0.15, -0.1) is 0 Å². The summed E-state index contributed by atoms with van der Waals surface area (Å²) in [4.78, 5) is 2.46. The van der Waals surface area contributed by atoms with Crippen LogP contribution in [0.15, 0.2) is 255 Å². The van der Waals surface area contributed by atoms with Crippen LogP contribution in [0.1, 0.15) is 0 Å². The lowest BCUT2D eigenvalue weighted by Gasteiger charge is -2.28. The zero-order chi connectivity index (χ0) is 43.6. The molecule has 12 aromatic carbocycles. The van der Waals surface area contributed by atoms with Crippen LogP contribution >= 0.6 is 0 Å². The van der Waals surface area contributed by atoms with Crippen LogP contribution in [-0.2, 0) is 0 Å². The van der Waals surface area contributed by atoms with E-state index in [2.05, 4.69) is 264 Å². The Bertz CT molecular complexity index is 3920. The van der Waals surface area contributed by atoms with E-state index in [1.165, 1.54) is 98.3 Å². The van der Waals surface area contributed by atoms with Crippen LogP contribution in [0.2, 0.25) is 0 Å². The Morgan fingerprint density at radius 3 is 1.53 bits per heavy atom. The molecular formula is C64H42N2. The Labute approximate surface area is 383 Å². The summed E-state index contributed by atoms with van der Waals surface area (Å²) in [6.45, 7) is 0. The number of rotatable bonds is 7. The molecule has 0 saturated heterocycles. The summed E-state index contributed by atoms with van der Waals surface area (Å²) >= 11 is 0. The monoisotopic (exact) mass is 838 g/mol. The molecule has 13 aromatic rings. The lowest BCUT2D eigenvalue weighted by Crippen LogP contribution is -2.10. The lowest BCUT2D eigenvalue weighted by molar-refractivity contribution is 1.18. The van der Waals surface area contributed by atoms with Crippen LogP contribution in [0.4, 0.5) is 17.1 Å². The summed E-state index contributed by atoms with van der Waals surface area (Å²) in [6.07, 6.45) is 0. The summed E-state index contributed by atoms with van der Waals surface area (Å²) in [5, 5.41) is 12.3. The number of anilines is 3. The fraction of sp³-hybridized carbons (Fsp3) is 0. The highest BCUT2D eigenvalue weighted by Gasteiger charge is 2.22. The molecule has 0 radical (unpaired) electrons. The van der Waals surface area contributed by atoms with Gasteiger partial charge in [0.2, 0.25) is 0 Å². The number of nitrogens with zero attached hydrogens (tertiary/aromatic N) is 2. The van der Waals surface area contributed by atoms with E-state index >= 15 is 0 Å². The minimum atomic E-state index is 1.09. The van der Waals surface area contributed by atoms with E-state index in [0.717, 1.165) is 22.7 Å². The maximum Gasteiger partial charge on any atom is 0.0542 e. The van der Waals surface area contributed by atoms with Crippen LogP contribution in [0.3, 0.4) is 0 Å². The van der Waals surface area contributed by atoms with E-state index in [9.17, 15) is 0 Å². The van der Waals surface area contributed by atoms with Crippen molar-refractivity contribution in [2.75, 3.05) is 4.90 Å². The Balaban J connectivity index is 1.05. The van der Waals surface area contributed by atoms with Crippen LogP contribution in [0, 0.1) is 0 Å². The van der Waals surface area contributed by atoms with Crippen molar-refractivity contribution in [1.82, 2.24) is 4.57 Å². The van der Waals surface area contributed by atoms with Crippen LogP contribution < -0.4 is 4.90 Å². The maximum atomic E-state index is 2.46. The molecule has 1 heterocycles. The van der Waals surface area contributed by atoms with Gasteiger partial charge in [-0.05, 0) is 126 Å². The molecule has 0 saturated carbocycles. The third-order valence-electron chi connectivity index (χ3n) is 13.6. The maximum absolute atomic E-state index is 2.46. The van der Waals surface area contributed by atoms with Gasteiger partial charge >= 0.3 is 0 Å². The number of hydrogen-bond acceptors (Lipinski definition) is 1. The highest BCUT2D eigenvalue weighted by Crippen LogP contribution is 2.48. The average Bonchev–Trinajstić information content (AvgIpc) is 3.72. The van der Waals surface area contributed by atoms with Gasteiger partial charge in [0.25, 0.3) is 0 Å². The zero-order valence-electron chi connectivity index (χ0n) is 36.1. The van der Waals surface area contributed by atoms with Crippen molar-refractivity contribution in [2.24, 2.45) is 0 Å². The van der Waals surface area contributed by atoms with Gasteiger partial charge in [0, 0.05) is 33.2 Å². The van der Waals surface area contributed by atoms with Gasteiger partial charge in [-0.2, -0.15) is 0 Å². The fourth-order valence-electron chi connectivity index (χ4n) is 10.7. The van der Waals surface area contributed by atoms with E-state index in [1.54, 1.807) is 0 Å². The van der Waals surface area contributed by atoms with Crippen molar-refractivity contribution in [1.29, 1.82) is 0 Å². The van der Waals surface area contributed by atoms with Gasteiger partial charge in [0.05, 0.1) is 16.7 Å². The first-order chi connectivity index (χ1) is 32.8. The third-order valence-corrected chi connectivity index (χ3v) is 13.6. The third kappa shape index (κ3) is 6.04. The molecule has 0 aliphatic heterocycles. The summed E-state index contributed by atoms with van der Waals surface area (Å²) in [6, 6.07) is 93.3. The van der Waals surface area contributed by atoms with Gasteiger partial charge in [0.1, 0.15) is 0 Å². The van der Waals surface area contributed by atoms with Crippen LogP contribution in [-0.4, -0.2) is 4.57 Å². The van der Waals surface area contributed by atoms with Crippen molar-refractivity contribution in [3.63, 3.8) is 0 Å². The second-order valence-corrected chi connectivity index (χ2v) is 17.2. The van der Waals surface area contributed by atoms with Gasteiger partial charge in [-0.3, -0.25) is 0 Å². The molecule has 0 amide bonds. The Morgan fingerprint density at radius 2 is 0.788 bits per heavy atom. The van der Waals surface area contributed by atoms with Crippen LogP contribution in [0.25, 0.3) is 104 Å². The van der Waals surface area contributed by atoms with E-state index in [4.69, 9.17) is 0 Å². The zero-order valence-corrected chi connectivity index (χ0v) is 36.1. The lowest BCUT2D eigenvalue weighted by atomic mass is 9.84. The van der Waals surface area contributed by atoms with Crippen molar-refractivity contribution < 1.29 is 0 Å². The van der Waals surface area contributed by atoms with Gasteiger partial charge < -0.3 is 9.47 Å². The van der Waals surface area contributed by atoms with E-state index in [-0.39, 0.29) is 0 Å². The molecule has 0 unspecified atom stereocenters. The van der Waals surface area contributed by atoms with Crippen molar-refractivity contribution >= 4 is 82.0 Å². The summed E-state index contributed by atoms with van der Waals surface area (Å²) in [5.41, 5.74) is 14.2. The molecule has 2 nitrogen and oxygen atoms in total. The molecule has 0 spiro atoms. The Kier molecular flexibility index (Phi) is 8.89. The number of hydrogen-bond donors (Lipinski definition) is 0. The SMILES string of the molecule is c1ccc(-c2c3ccccc3c(-c3cccc4c(N(c5ccc(-c6cccc7ccccc67)cc5)c5ccc6c(c5)c5ccccc5n6-c5ccccc5)cccc34)c3ccccc23)cc1. The van der Waals surface area contributed by atoms with Crippen LogP contribution in [0.5, 0.6) is 0 Å². The topological polar surface area (TPSA) is 8.17 Å². The number of aromatic nitrogens is 1. The smallest absolute Gasteiger partial charge is 0.0542 e. The molecule has 2 heteroatoms. The molecule has 0 aliphatic carbocycles. The first-order valence-electron chi connectivity index (χ1n) is 22.8. The summed E-state index contributed by atoms with van der Waals surface area (Å²) < 4.78 is 2.39. The van der Waals surface area contributed by atoms with Gasteiger partial charge in [0.15, 0.2) is 0 Å². The molecule has 13 rings (SSSR count). The van der Waals surface area contributed by atoms with Crippen molar-refractivity contribution in [3.05, 3.63) is 255 Å². The van der Waals surface area contributed by atoms with Crippen molar-refractivity contribution in [2.45, 2.75) is 0 Å². The highest BCUT2D eigenvalue weighted by molar-refractivity contribution is 6.24. The molecule has 0 fully saturated rings. The first-order valence-corrected chi connectivity index (χ1v) is 22.8. The second kappa shape index (κ2) is 15.5. The largest absolute Gasteiger partial charge is 0.310 e. The first kappa shape index (κ1) is 37.8. The predicted octanol–water partition coefficient (Wildman–Crippen LogP) is 17.9. The molecule has 0 bridgehead atoms. The minimum Gasteiger partial charge on any atom is -0.310 e. The Morgan fingerprint density at radius 1 is 0.273 bits per heavy atom. The van der Waals surface area contributed by atoms with Gasteiger partial charge in [-0.25, -0.2) is 0 Å². The number of benzene rings is 12. The molecule has 66 heavy (non-hydrogen) atoms. The fourth-order valence-corrected chi connectivity index (χ4v) is 10.7. The average molecular weight is 839 g/mol. The molecular weight excluding hydrogens is 797 g/mol. The highest BCUT2D eigenvalue weighted by atomic mass is 15.1. The summed E-state index contributed by atoms with van der Waals surface area (Å²) in [5.74, 6) is 0. The van der Waals surface area contributed by atoms with E-state index in [1.807, 2.05) is 0 Å². The Hall–Kier alpha value is -8.72. The van der Waals surface area contributed by atoms with E-state index in [0.29, 0.717) is 0 Å². The predicted molar refractivity (Wildman–Crippen MR) is 282 cm³/mol. The molecule has 0 N–H and O–H groups in total. The molecule has 0 aliphatic rings. The van der Waals surface area contributed by atoms with E-state index < -0.39 is 0 Å². The van der Waals surface area contributed by atoms with Crippen molar-refractivity contribution in [3.8, 4) is 39.1 Å². The minimum absolute atomic E-state index is 1.09. The normalized spacial score (nSPS) is 11.6. The summed E-state index contributed by atoms with van der Waals surface area (Å²) in [7, 11) is 0. The number of para-hydroxylation sites is 2. The molecule has 1 aromatic heterocycles. The molecule has 308 valence electrons. The van der Waals surface area contributed by atoms with Gasteiger partial charge in [-0.1, -0.05) is 200 Å². The second-order valence-electron chi connectivity index (χ2n) is 17.2.